The number of nitrogens with one attached hydrogen (secondary N) is 1. The van der Waals surface area contributed by atoms with E-state index < -0.39 is 0 Å². The van der Waals surface area contributed by atoms with Crippen LogP contribution in [0.25, 0.3) is 0 Å². The lowest BCUT2D eigenvalue weighted by atomic mass is 10.1. The van der Waals surface area contributed by atoms with Crippen molar-refractivity contribution in [2.24, 2.45) is 10.7 Å². The van der Waals surface area contributed by atoms with Gasteiger partial charge in [0.2, 0.25) is 0 Å². The first-order valence-corrected chi connectivity index (χ1v) is 8.18. The van der Waals surface area contributed by atoms with Crippen LogP contribution in [0.2, 0.25) is 0 Å². The zero-order chi connectivity index (χ0) is 16.3. The molecule has 1 aliphatic heterocycles. The average Bonchev–Trinajstić information content (AvgIpc) is 2.59. The summed E-state index contributed by atoms with van der Waals surface area (Å²) in [5, 5.41) is 3.17. The van der Waals surface area contributed by atoms with E-state index in [1.165, 1.54) is 0 Å². The van der Waals surface area contributed by atoms with Crippen LogP contribution in [0.1, 0.15) is 17.5 Å². The maximum atomic E-state index is 5.90. The smallest absolute Gasteiger partial charge is 0.188 e. The number of ether oxygens (including phenoxy) is 2. The van der Waals surface area contributed by atoms with Crippen LogP contribution in [-0.2, 0) is 22.6 Å². The standard InChI is InChI=1S/C17H28N4O2.HI/c1-22-14-16-5-3-15(4-6-16)13-20-17(18)19-7-2-8-21-9-11-23-12-10-21;/h3-6H,2,7-14H2,1H3,(H3,18,19,20);1H. The highest BCUT2D eigenvalue weighted by atomic mass is 127. The van der Waals surface area contributed by atoms with Gasteiger partial charge in [-0.25, -0.2) is 4.99 Å². The number of guanidine groups is 1. The molecule has 1 saturated heterocycles. The third-order valence-electron chi connectivity index (χ3n) is 3.83. The summed E-state index contributed by atoms with van der Waals surface area (Å²) in [5.41, 5.74) is 8.21. The van der Waals surface area contributed by atoms with Crippen LogP contribution in [0.4, 0.5) is 0 Å². The molecule has 0 aliphatic carbocycles. The minimum atomic E-state index is 0. The van der Waals surface area contributed by atoms with Crippen molar-refractivity contribution in [3.63, 3.8) is 0 Å². The summed E-state index contributed by atoms with van der Waals surface area (Å²) in [6.45, 7) is 6.90. The predicted molar refractivity (Wildman–Crippen MR) is 108 cm³/mol. The minimum absolute atomic E-state index is 0. The molecule has 1 fully saturated rings. The number of morpholine rings is 1. The van der Waals surface area contributed by atoms with E-state index in [9.17, 15) is 0 Å². The van der Waals surface area contributed by atoms with Gasteiger partial charge < -0.3 is 20.5 Å². The van der Waals surface area contributed by atoms with Gasteiger partial charge in [-0.15, -0.1) is 24.0 Å². The van der Waals surface area contributed by atoms with Gasteiger partial charge in [-0.05, 0) is 24.1 Å². The van der Waals surface area contributed by atoms with Gasteiger partial charge in [0.25, 0.3) is 0 Å². The largest absolute Gasteiger partial charge is 0.380 e. The summed E-state index contributed by atoms with van der Waals surface area (Å²) >= 11 is 0. The molecular formula is C17H29IN4O2. The van der Waals surface area contributed by atoms with E-state index in [1.807, 2.05) is 0 Å². The summed E-state index contributed by atoms with van der Waals surface area (Å²) in [6.07, 6.45) is 1.06. The monoisotopic (exact) mass is 448 g/mol. The first-order chi connectivity index (χ1) is 11.3. The van der Waals surface area contributed by atoms with Crippen molar-refractivity contribution < 1.29 is 9.47 Å². The van der Waals surface area contributed by atoms with Crippen LogP contribution in [0.5, 0.6) is 0 Å². The van der Waals surface area contributed by atoms with Crippen molar-refractivity contribution in [1.29, 1.82) is 0 Å². The molecule has 0 atom stereocenters. The molecule has 6 nitrogen and oxygen atoms in total. The van der Waals surface area contributed by atoms with Crippen LogP contribution in [0.3, 0.4) is 0 Å². The number of nitrogens with zero attached hydrogens (tertiary/aromatic N) is 2. The fraction of sp³-hybridized carbons (Fsp3) is 0.588. The molecule has 1 aliphatic rings. The van der Waals surface area contributed by atoms with Crippen LogP contribution < -0.4 is 11.1 Å². The summed E-state index contributed by atoms with van der Waals surface area (Å²) in [5.74, 6) is 0.507. The summed E-state index contributed by atoms with van der Waals surface area (Å²) in [7, 11) is 1.70. The van der Waals surface area contributed by atoms with E-state index in [0.717, 1.165) is 56.9 Å². The van der Waals surface area contributed by atoms with E-state index in [1.54, 1.807) is 7.11 Å². The molecule has 1 aromatic rings. The summed E-state index contributed by atoms with van der Waals surface area (Å²) < 4.78 is 10.4. The average molecular weight is 448 g/mol. The van der Waals surface area contributed by atoms with Crippen molar-refractivity contribution >= 4 is 29.9 Å². The molecule has 2 rings (SSSR count). The Bertz CT molecular complexity index is 476. The number of hydrogen-bond acceptors (Lipinski definition) is 4. The molecule has 0 aromatic heterocycles. The first kappa shape index (κ1) is 21.1. The normalized spacial score (nSPS) is 15.8. The van der Waals surface area contributed by atoms with Gasteiger partial charge in [0.05, 0.1) is 26.4 Å². The fourth-order valence-electron chi connectivity index (χ4n) is 2.48. The van der Waals surface area contributed by atoms with Gasteiger partial charge in [0, 0.05) is 26.7 Å². The molecule has 1 heterocycles. The highest BCUT2D eigenvalue weighted by molar-refractivity contribution is 14.0. The molecule has 0 unspecified atom stereocenters. The van der Waals surface area contributed by atoms with Crippen LogP contribution in [0, 0.1) is 0 Å². The number of nitrogens with two attached hydrogens (primary N) is 1. The second kappa shape index (κ2) is 12.5. The van der Waals surface area contributed by atoms with Crippen LogP contribution in [-0.4, -0.2) is 57.4 Å². The highest BCUT2D eigenvalue weighted by Gasteiger charge is 2.08. The predicted octanol–water partition coefficient (Wildman–Crippen LogP) is 1.58. The molecule has 3 N–H and O–H groups in total. The third kappa shape index (κ3) is 8.27. The Labute approximate surface area is 161 Å². The van der Waals surface area contributed by atoms with Crippen molar-refractivity contribution in [3.05, 3.63) is 35.4 Å². The zero-order valence-electron chi connectivity index (χ0n) is 14.4. The van der Waals surface area contributed by atoms with E-state index in [4.69, 9.17) is 15.2 Å². The van der Waals surface area contributed by atoms with Gasteiger partial charge in [0.15, 0.2) is 5.96 Å². The molecular weight excluding hydrogens is 419 g/mol. The van der Waals surface area contributed by atoms with Crippen molar-refractivity contribution in [3.8, 4) is 0 Å². The summed E-state index contributed by atoms with van der Waals surface area (Å²) in [6, 6.07) is 8.23. The molecule has 0 spiro atoms. The molecule has 0 radical (unpaired) electrons. The molecule has 24 heavy (non-hydrogen) atoms. The number of benzene rings is 1. The van der Waals surface area contributed by atoms with E-state index in [-0.39, 0.29) is 24.0 Å². The van der Waals surface area contributed by atoms with Gasteiger partial charge in [-0.2, -0.15) is 0 Å². The van der Waals surface area contributed by atoms with Gasteiger partial charge >= 0.3 is 0 Å². The Morgan fingerprint density at radius 1 is 1.25 bits per heavy atom. The number of rotatable bonds is 8. The highest BCUT2D eigenvalue weighted by Crippen LogP contribution is 2.06. The van der Waals surface area contributed by atoms with Crippen molar-refractivity contribution in [1.82, 2.24) is 10.2 Å². The number of aliphatic imine (C=N–C) groups is 1. The van der Waals surface area contributed by atoms with E-state index in [0.29, 0.717) is 19.1 Å². The SMILES string of the molecule is COCc1ccc(CN=C(N)NCCCN2CCOCC2)cc1.I. The second-order valence-electron chi connectivity index (χ2n) is 5.69. The first-order valence-electron chi connectivity index (χ1n) is 8.18. The van der Waals surface area contributed by atoms with Gasteiger partial charge in [-0.3, -0.25) is 4.90 Å². The Balaban J connectivity index is 0.00000288. The lowest BCUT2D eigenvalue weighted by molar-refractivity contribution is 0.0376. The van der Waals surface area contributed by atoms with E-state index in [2.05, 4.69) is 39.5 Å². The number of methoxy groups -OCH3 is 1. The fourth-order valence-corrected chi connectivity index (χ4v) is 2.48. The number of halogens is 1. The molecule has 0 amide bonds. The number of hydrogen-bond donors (Lipinski definition) is 2. The second-order valence-corrected chi connectivity index (χ2v) is 5.69. The molecule has 0 bridgehead atoms. The van der Waals surface area contributed by atoms with Gasteiger partial charge in [0.1, 0.15) is 0 Å². The summed E-state index contributed by atoms with van der Waals surface area (Å²) in [4.78, 5) is 6.79. The van der Waals surface area contributed by atoms with Crippen LogP contribution in [0.15, 0.2) is 29.3 Å². The zero-order valence-corrected chi connectivity index (χ0v) is 16.7. The third-order valence-corrected chi connectivity index (χ3v) is 3.83. The minimum Gasteiger partial charge on any atom is -0.380 e. The molecule has 0 saturated carbocycles. The molecule has 1 aromatic carbocycles. The van der Waals surface area contributed by atoms with Crippen molar-refractivity contribution in [2.45, 2.75) is 19.6 Å². The van der Waals surface area contributed by atoms with E-state index >= 15 is 0 Å². The molecule has 7 heteroatoms. The molecule has 136 valence electrons. The Hall–Kier alpha value is -0.900. The van der Waals surface area contributed by atoms with Gasteiger partial charge in [-0.1, -0.05) is 24.3 Å². The van der Waals surface area contributed by atoms with Crippen LogP contribution >= 0.6 is 24.0 Å². The maximum Gasteiger partial charge on any atom is 0.188 e. The lowest BCUT2D eigenvalue weighted by Crippen LogP contribution is -2.39. The lowest BCUT2D eigenvalue weighted by Gasteiger charge is -2.26. The Morgan fingerprint density at radius 3 is 2.58 bits per heavy atom. The Morgan fingerprint density at radius 2 is 1.92 bits per heavy atom. The quantitative estimate of drug-likeness (QED) is 0.274. The Kier molecular flexibility index (Phi) is 11.0. The van der Waals surface area contributed by atoms with Crippen molar-refractivity contribution in [2.75, 3.05) is 46.5 Å². The maximum absolute atomic E-state index is 5.90. The topological polar surface area (TPSA) is 72.1 Å².